The number of nitrogens with zero attached hydrogens (tertiary/aromatic N) is 1. The van der Waals surface area contributed by atoms with Gasteiger partial charge < -0.3 is 10.6 Å². The maximum atomic E-state index is 5.65. The molecular weight excluding hydrogens is 220 g/mol. The molecule has 1 aromatic rings. The predicted molar refractivity (Wildman–Crippen MR) is 77.0 cm³/mol. The van der Waals surface area contributed by atoms with Crippen LogP contribution in [0.5, 0.6) is 0 Å². The number of hydrogen-bond donors (Lipinski definition) is 1. The van der Waals surface area contributed by atoms with E-state index in [1.807, 2.05) is 0 Å². The molecule has 2 aliphatic carbocycles. The Labute approximate surface area is 110 Å². The highest BCUT2D eigenvalue weighted by atomic mass is 15.2. The first-order valence-electron chi connectivity index (χ1n) is 7.34. The summed E-state index contributed by atoms with van der Waals surface area (Å²) in [6.07, 6.45) is 6.64. The third kappa shape index (κ3) is 2.69. The summed E-state index contributed by atoms with van der Waals surface area (Å²) in [4.78, 5) is 2.65. The molecule has 3 rings (SSSR count). The maximum Gasteiger partial charge on any atom is 0.0371 e. The zero-order valence-corrected chi connectivity index (χ0v) is 11.4. The Morgan fingerprint density at radius 2 is 2.00 bits per heavy atom. The first kappa shape index (κ1) is 12.0. The van der Waals surface area contributed by atoms with Gasteiger partial charge in [-0.15, -0.1) is 0 Å². The third-order valence-electron chi connectivity index (χ3n) is 4.21. The van der Waals surface area contributed by atoms with E-state index >= 15 is 0 Å². The highest BCUT2D eigenvalue weighted by Gasteiger charge is 2.33. The lowest BCUT2D eigenvalue weighted by atomic mass is 10.0. The Hall–Kier alpha value is -1.02. The lowest BCUT2D eigenvalue weighted by molar-refractivity contribution is 0.718. The van der Waals surface area contributed by atoms with Crippen LogP contribution in [-0.2, 0) is 6.42 Å². The normalized spacial score (nSPS) is 19.0. The zero-order chi connectivity index (χ0) is 12.5. The summed E-state index contributed by atoms with van der Waals surface area (Å²) >= 11 is 0. The van der Waals surface area contributed by atoms with Gasteiger partial charge in [0.15, 0.2) is 0 Å². The minimum absolute atomic E-state index is 0.745. The molecule has 2 nitrogen and oxygen atoms in total. The van der Waals surface area contributed by atoms with Crippen molar-refractivity contribution in [2.75, 3.05) is 18.0 Å². The lowest BCUT2D eigenvalue weighted by Gasteiger charge is -2.25. The molecule has 2 saturated carbocycles. The minimum atomic E-state index is 0.745. The van der Waals surface area contributed by atoms with Gasteiger partial charge in [0.25, 0.3) is 0 Å². The molecule has 98 valence electrons. The second-order valence-corrected chi connectivity index (χ2v) is 5.98. The fourth-order valence-corrected chi connectivity index (χ4v) is 2.72. The summed E-state index contributed by atoms with van der Waals surface area (Å²) in [5, 5.41) is 0. The van der Waals surface area contributed by atoms with Crippen LogP contribution in [0.4, 0.5) is 5.69 Å². The van der Waals surface area contributed by atoms with E-state index in [4.69, 9.17) is 5.73 Å². The van der Waals surface area contributed by atoms with E-state index in [2.05, 4.69) is 30.0 Å². The van der Waals surface area contributed by atoms with Crippen molar-refractivity contribution in [3.8, 4) is 0 Å². The van der Waals surface area contributed by atoms with Crippen LogP contribution in [-0.4, -0.2) is 19.1 Å². The van der Waals surface area contributed by atoms with E-state index in [9.17, 15) is 0 Å². The highest BCUT2D eigenvalue weighted by molar-refractivity contribution is 5.53. The van der Waals surface area contributed by atoms with Crippen molar-refractivity contribution in [1.82, 2.24) is 0 Å². The molecule has 0 saturated heterocycles. The summed E-state index contributed by atoms with van der Waals surface area (Å²) in [5.74, 6) is 0.967. The van der Waals surface area contributed by atoms with Crippen molar-refractivity contribution in [2.45, 2.75) is 45.1 Å². The molecule has 2 aliphatic rings. The molecule has 0 amide bonds. The predicted octanol–water partition coefficient (Wildman–Crippen LogP) is 2.88. The van der Waals surface area contributed by atoms with Crippen LogP contribution in [0.25, 0.3) is 0 Å². The summed E-state index contributed by atoms with van der Waals surface area (Å²) in [5.41, 5.74) is 9.89. The fourth-order valence-electron chi connectivity index (χ4n) is 2.72. The number of nitrogens with two attached hydrogens (primary N) is 1. The van der Waals surface area contributed by atoms with Crippen LogP contribution >= 0.6 is 0 Å². The van der Waals surface area contributed by atoms with Gasteiger partial charge in [0.1, 0.15) is 0 Å². The van der Waals surface area contributed by atoms with E-state index in [0.717, 1.165) is 24.9 Å². The van der Waals surface area contributed by atoms with Crippen molar-refractivity contribution < 1.29 is 0 Å². The monoisotopic (exact) mass is 244 g/mol. The molecule has 0 unspecified atom stereocenters. The first-order valence-corrected chi connectivity index (χ1v) is 7.34. The molecule has 0 radical (unpaired) electrons. The molecule has 0 spiro atoms. The number of aryl methyl sites for hydroxylation is 1. The van der Waals surface area contributed by atoms with Crippen molar-refractivity contribution in [1.29, 1.82) is 0 Å². The molecule has 2 fully saturated rings. The van der Waals surface area contributed by atoms with Crippen LogP contribution in [0.2, 0.25) is 0 Å². The topological polar surface area (TPSA) is 29.3 Å². The molecule has 0 heterocycles. The molecule has 0 aliphatic heterocycles. The van der Waals surface area contributed by atoms with Gasteiger partial charge in [0.05, 0.1) is 0 Å². The largest absolute Gasteiger partial charge is 0.368 e. The third-order valence-corrected chi connectivity index (χ3v) is 4.21. The molecule has 1 aromatic carbocycles. The van der Waals surface area contributed by atoms with Crippen LogP contribution in [0.1, 0.15) is 36.8 Å². The van der Waals surface area contributed by atoms with Gasteiger partial charge in [0.2, 0.25) is 0 Å². The van der Waals surface area contributed by atoms with Crippen LogP contribution in [0.3, 0.4) is 0 Å². The van der Waals surface area contributed by atoms with E-state index < -0.39 is 0 Å². The average Bonchev–Trinajstić information content (AvgIpc) is 3.23. The number of rotatable bonds is 6. The number of hydrogen-bond acceptors (Lipinski definition) is 2. The van der Waals surface area contributed by atoms with Crippen LogP contribution in [0, 0.1) is 12.8 Å². The first-order chi connectivity index (χ1) is 8.78. The van der Waals surface area contributed by atoms with Crippen molar-refractivity contribution in [3.05, 3.63) is 29.3 Å². The Kier molecular flexibility index (Phi) is 3.29. The maximum absolute atomic E-state index is 5.65. The Bertz CT molecular complexity index is 419. The summed E-state index contributed by atoms with van der Waals surface area (Å²) in [6, 6.07) is 7.77. The Morgan fingerprint density at radius 1 is 1.22 bits per heavy atom. The summed E-state index contributed by atoms with van der Waals surface area (Å²) < 4.78 is 0. The van der Waals surface area contributed by atoms with E-state index in [1.165, 1.54) is 49.0 Å². The second-order valence-electron chi connectivity index (χ2n) is 5.98. The van der Waals surface area contributed by atoms with Crippen molar-refractivity contribution >= 4 is 5.69 Å². The van der Waals surface area contributed by atoms with Crippen molar-refractivity contribution in [3.63, 3.8) is 0 Å². The van der Waals surface area contributed by atoms with E-state index in [0.29, 0.717) is 0 Å². The fraction of sp³-hybridized carbons (Fsp3) is 0.625. The van der Waals surface area contributed by atoms with Gasteiger partial charge in [-0.2, -0.15) is 0 Å². The molecular formula is C16H24N2. The Morgan fingerprint density at radius 3 is 2.56 bits per heavy atom. The van der Waals surface area contributed by atoms with Gasteiger partial charge >= 0.3 is 0 Å². The quantitative estimate of drug-likeness (QED) is 0.833. The number of benzene rings is 1. The average molecular weight is 244 g/mol. The summed E-state index contributed by atoms with van der Waals surface area (Å²) in [6.45, 7) is 4.24. The highest BCUT2D eigenvalue weighted by Crippen LogP contribution is 2.38. The molecule has 0 aromatic heterocycles. The van der Waals surface area contributed by atoms with Gasteiger partial charge in [0, 0.05) is 18.3 Å². The molecule has 0 atom stereocenters. The van der Waals surface area contributed by atoms with Gasteiger partial charge in [-0.3, -0.25) is 0 Å². The minimum Gasteiger partial charge on any atom is -0.368 e. The van der Waals surface area contributed by atoms with E-state index in [-0.39, 0.29) is 0 Å². The van der Waals surface area contributed by atoms with Gasteiger partial charge in [-0.1, -0.05) is 6.07 Å². The van der Waals surface area contributed by atoms with Gasteiger partial charge in [-0.25, -0.2) is 0 Å². The van der Waals surface area contributed by atoms with Crippen LogP contribution < -0.4 is 10.6 Å². The smallest absolute Gasteiger partial charge is 0.0371 e. The lowest BCUT2D eigenvalue weighted by Crippen LogP contribution is -2.28. The van der Waals surface area contributed by atoms with Crippen molar-refractivity contribution in [2.24, 2.45) is 11.7 Å². The standard InChI is InChI=1S/C16H24N2/c1-12-10-16(5-4-14(12)8-9-17)18(15-6-7-15)11-13-2-3-13/h4-5,10,13,15H,2-3,6-9,11,17H2,1H3. The molecule has 2 N–H and O–H groups in total. The Balaban J connectivity index is 1.77. The zero-order valence-electron chi connectivity index (χ0n) is 11.4. The summed E-state index contributed by atoms with van der Waals surface area (Å²) in [7, 11) is 0. The van der Waals surface area contributed by atoms with Gasteiger partial charge in [-0.05, 0) is 74.8 Å². The van der Waals surface area contributed by atoms with Crippen LogP contribution in [0.15, 0.2) is 18.2 Å². The molecule has 0 bridgehead atoms. The second kappa shape index (κ2) is 4.93. The number of anilines is 1. The van der Waals surface area contributed by atoms with E-state index in [1.54, 1.807) is 0 Å². The molecule has 18 heavy (non-hydrogen) atoms. The SMILES string of the molecule is Cc1cc(N(CC2CC2)C2CC2)ccc1CCN. The molecule has 2 heteroatoms.